The van der Waals surface area contributed by atoms with Crippen molar-refractivity contribution in [2.45, 2.75) is 6.42 Å². The third-order valence-corrected chi connectivity index (χ3v) is 5.63. The fourth-order valence-electron chi connectivity index (χ4n) is 3.44. The maximum absolute atomic E-state index is 13.5. The molecule has 3 aromatic rings. The Hall–Kier alpha value is -2.88. The maximum Gasteiger partial charge on any atom is 0.277 e. The van der Waals surface area contributed by atoms with Crippen LogP contribution in [-0.2, 0) is 6.42 Å². The molecule has 0 radical (unpaired) electrons. The van der Waals surface area contributed by atoms with E-state index in [1.54, 1.807) is 35.9 Å². The molecule has 0 spiro atoms. The smallest absolute Gasteiger partial charge is 0.277 e. The first-order valence-electron chi connectivity index (χ1n) is 9.09. The second kappa shape index (κ2) is 7.86. The number of hydrogen-bond acceptors (Lipinski definition) is 4. The van der Waals surface area contributed by atoms with E-state index in [1.807, 2.05) is 36.4 Å². The first-order chi connectivity index (χ1) is 14.0. The Balaban J connectivity index is 1.83. The van der Waals surface area contributed by atoms with Gasteiger partial charge in [-0.15, -0.1) is 0 Å². The Morgan fingerprint density at radius 2 is 1.76 bits per heavy atom. The van der Waals surface area contributed by atoms with Crippen LogP contribution in [0.4, 0.5) is 5.69 Å². The number of nitrogens with one attached hydrogen (secondary N) is 1. The highest BCUT2D eigenvalue weighted by molar-refractivity contribution is 14.1. The molecule has 0 atom stereocenters. The minimum absolute atomic E-state index is 0.175. The lowest BCUT2D eigenvalue weighted by atomic mass is 10.0. The Labute approximate surface area is 181 Å². The highest BCUT2D eigenvalue weighted by Crippen LogP contribution is 2.29. The fraction of sp³-hybridized carbons (Fsp3) is 0.190. The SMILES string of the molecule is CNC(=O)c1nn(-c2ccc(OC)cc2)c2c1CCN(c1ccc(I)cc1)C2=O. The van der Waals surface area contributed by atoms with Gasteiger partial charge in [-0.25, -0.2) is 4.68 Å². The number of carbonyl (C=O) groups is 2. The number of rotatable bonds is 4. The summed E-state index contributed by atoms with van der Waals surface area (Å²) >= 11 is 2.23. The van der Waals surface area contributed by atoms with E-state index in [4.69, 9.17) is 4.74 Å². The summed E-state index contributed by atoms with van der Waals surface area (Å²) in [5, 5.41) is 7.11. The highest BCUT2D eigenvalue weighted by atomic mass is 127. The van der Waals surface area contributed by atoms with Crippen molar-refractivity contribution in [2.24, 2.45) is 0 Å². The van der Waals surface area contributed by atoms with E-state index in [0.717, 1.165) is 9.26 Å². The van der Waals surface area contributed by atoms with Crippen molar-refractivity contribution in [3.05, 3.63) is 69.1 Å². The van der Waals surface area contributed by atoms with E-state index in [9.17, 15) is 9.59 Å². The maximum atomic E-state index is 13.5. The molecule has 1 aliphatic heterocycles. The van der Waals surface area contributed by atoms with Crippen molar-refractivity contribution in [3.63, 3.8) is 0 Å². The molecule has 0 saturated carbocycles. The van der Waals surface area contributed by atoms with E-state index >= 15 is 0 Å². The average Bonchev–Trinajstić information content (AvgIpc) is 3.15. The lowest BCUT2D eigenvalue weighted by Crippen LogP contribution is -2.39. The Bertz CT molecular complexity index is 1070. The van der Waals surface area contributed by atoms with E-state index in [0.29, 0.717) is 35.7 Å². The molecule has 2 heterocycles. The molecule has 29 heavy (non-hydrogen) atoms. The van der Waals surface area contributed by atoms with Gasteiger partial charge in [0.2, 0.25) is 0 Å². The molecule has 4 rings (SSSR count). The predicted octanol–water partition coefficient (Wildman–Crippen LogP) is 3.05. The van der Waals surface area contributed by atoms with Gasteiger partial charge in [0.05, 0.1) is 12.8 Å². The van der Waals surface area contributed by atoms with E-state index in [2.05, 4.69) is 33.0 Å². The zero-order valence-electron chi connectivity index (χ0n) is 16.0. The summed E-state index contributed by atoms with van der Waals surface area (Å²) in [4.78, 5) is 27.6. The Morgan fingerprint density at radius 3 is 2.38 bits per heavy atom. The van der Waals surface area contributed by atoms with Gasteiger partial charge in [0.15, 0.2) is 5.69 Å². The average molecular weight is 502 g/mol. The first kappa shape index (κ1) is 19.4. The highest BCUT2D eigenvalue weighted by Gasteiger charge is 2.34. The number of halogens is 1. The second-order valence-corrected chi connectivity index (χ2v) is 7.79. The van der Waals surface area contributed by atoms with Crippen molar-refractivity contribution in [2.75, 3.05) is 25.6 Å². The molecule has 1 aliphatic rings. The number of fused-ring (bicyclic) bond motifs is 1. The number of hydrogen-bond donors (Lipinski definition) is 1. The largest absolute Gasteiger partial charge is 0.497 e. The molecule has 1 N–H and O–H groups in total. The molecule has 148 valence electrons. The zero-order valence-corrected chi connectivity index (χ0v) is 18.1. The molecule has 0 fully saturated rings. The standard InChI is InChI=1S/C21H19IN4O3/c1-23-20(27)18-17-11-12-25(14-5-3-13(22)4-6-14)21(28)19(17)26(24-18)15-7-9-16(29-2)10-8-15/h3-10H,11-12H2,1-2H3,(H,23,27). The molecular weight excluding hydrogens is 483 g/mol. The normalized spacial score (nSPS) is 13.2. The molecule has 1 aromatic heterocycles. The number of carbonyl (C=O) groups excluding carboxylic acids is 2. The molecule has 2 aromatic carbocycles. The summed E-state index contributed by atoms with van der Waals surface area (Å²) < 4.78 is 7.87. The van der Waals surface area contributed by atoms with Crippen LogP contribution in [0.15, 0.2) is 48.5 Å². The van der Waals surface area contributed by atoms with Crippen LogP contribution in [0.5, 0.6) is 5.75 Å². The minimum Gasteiger partial charge on any atom is -0.497 e. The molecule has 0 unspecified atom stereocenters. The second-order valence-electron chi connectivity index (χ2n) is 6.55. The third kappa shape index (κ3) is 3.48. The minimum atomic E-state index is -0.302. The summed E-state index contributed by atoms with van der Waals surface area (Å²) in [5.41, 5.74) is 2.89. The van der Waals surface area contributed by atoms with Crippen molar-refractivity contribution in [1.29, 1.82) is 0 Å². The summed E-state index contributed by atoms with van der Waals surface area (Å²) in [6, 6.07) is 15.0. The summed E-state index contributed by atoms with van der Waals surface area (Å²) in [6.07, 6.45) is 0.548. The van der Waals surface area contributed by atoms with Crippen LogP contribution < -0.4 is 15.0 Å². The predicted molar refractivity (Wildman–Crippen MR) is 118 cm³/mol. The molecule has 7 nitrogen and oxygen atoms in total. The van der Waals surface area contributed by atoms with Crippen LogP contribution >= 0.6 is 22.6 Å². The lowest BCUT2D eigenvalue weighted by Gasteiger charge is -2.27. The Kier molecular flexibility index (Phi) is 5.27. The molecule has 2 amide bonds. The van der Waals surface area contributed by atoms with Gasteiger partial charge < -0.3 is 15.0 Å². The summed E-state index contributed by atoms with van der Waals surface area (Å²) in [7, 11) is 3.15. The van der Waals surface area contributed by atoms with Crippen molar-refractivity contribution in [1.82, 2.24) is 15.1 Å². The van der Waals surface area contributed by atoms with Crippen LogP contribution in [0.2, 0.25) is 0 Å². The number of aromatic nitrogens is 2. The van der Waals surface area contributed by atoms with Crippen LogP contribution in [0.25, 0.3) is 5.69 Å². The van der Waals surface area contributed by atoms with Crippen LogP contribution in [-0.4, -0.2) is 42.3 Å². The van der Waals surface area contributed by atoms with E-state index < -0.39 is 0 Å². The quantitative estimate of drug-likeness (QED) is 0.557. The van der Waals surface area contributed by atoms with Crippen LogP contribution in [0.3, 0.4) is 0 Å². The van der Waals surface area contributed by atoms with Crippen molar-refractivity contribution >= 4 is 40.1 Å². The molecule has 8 heteroatoms. The van der Waals surface area contributed by atoms with Crippen LogP contribution in [0, 0.1) is 3.57 Å². The number of nitrogens with zero attached hydrogens (tertiary/aromatic N) is 3. The number of benzene rings is 2. The monoisotopic (exact) mass is 502 g/mol. The van der Waals surface area contributed by atoms with Gasteiger partial charge in [0.1, 0.15) is 11.4 Å². The number of anilines is 1. The van der Waals surface area contributed by atoms with Gasteiger partial charge >= 0.3 is 0 Å². The van der Waals surface area contributed by atoms with Gasteiger partial charge in [-0.1, -0.05) is 0 Å². The van der Waals surface area contributed by atoms with Gasteiger partial charge in [-0.05, 0) is 77.5 Å². The molecule has 0 saturated heterocycles. The number of ether oxygens (including phenoxy) is 1. The van der Waals surface area contributed by atoms with Gasteiger partial charge in [0.25, 0.3) is 11.8 Å². The summed E-state index contributed by atoms with van der Waals surface area (Å²) in [6.45, 7) is 0.491. The van der Waals surface area contributed by atoms with E-state index in [1.165, 1.54) is 0 Å². The summed E-state index contributed by atoms with van der Waals surface area (Å²) in [5.74, 6) is 0.225. The lowest BCUT2D eigenvalue weighted by molar-refractivity contribution is 0.0956. The van der Waals surface area contributed by atoms with Crippen molar-refractivity contribution in [3.8, 4) is 11.4 Å². The Morgan fingerprint density at radius 1 is 1.10 bits per heavy atom. The third-order valence-electron chi connectivity index (χ3n) is 4.91. The van der Waals surface area contributed by atoms with Gasteiger partial charge in [-0.3, -0.25) is 9.59 Å². The fourth-order valence-corrected chi connectivity index (χ4v) is 3.80. The molecule has 0 aliphatic carbocycles. The number of methoxy groups -OCH3 is 1. The van der Waals surface area contributed by atoms with E-state index in [-0.39, 0.29) is 17.5 Å². The topological polar surface area (TPSA) is 76.5 Å². The van der Waals surface area contributed by atoms with Gasteiger partial charge in [0, 0.05) is 28.4 Å². The van der Waals surface area contributed by atoms with Crippen LogP contribution in [0.1, 0.15) is 26.5 Å². The molecular formula is C21H19IN4O3. The zero-order chi connectivity index (χ0) is 20.5. The van der Waals surface area contributed by atoms with Gasteiger partial charge in [-0.2, -0.15) is 5.10 Å². The molecule has 0 bridgehead atoms. The number of amides is 2. The van der Waals surface area contributed by atoms with Crippen molar-refractivity contribution < 1.29 is 14.3 Å². The first-order valence-corrected chi connectivity index (χ1v) is 10.2.